The normalized spacial score (nSPS) is 13.1. The molecule has 0 saturated heterocycles. The third-order valence-electron chi connectivity index (χ3n) is 2.24. The summed E-state index contributed by atoms with van der Waals surface area (Å²) >= 11 is 1.73. The van der Waals surface area contributed by atoms with E-state index in [2.05, 4.69) is 49.7 Å². The lowest BCUT2D eigenvalue weighted by molar-refractivity contribution is 0.237. The Kier molecular flexibility index (Phi) is 5.15. The molecule has 1 unspecified atom stereocenters. The Hall–Kier alpha value is -0.510. The van der Waals surface area contributed by atoms with Gasteiger partial charge in [-0.15, -0.1) is 11.8 Å². The lowest BCUT2D eigenvalue weighted by Gasteiger charge is -2.19. The van der Waals surface area contributed by atoms with Crippen molar-refractivity contribution in [3.63, 3.8) is 0 Å². The van der Waals surface area contributed by atoms with Gasteiger partial charge in [-0.3, -0.25) is 0 Å². The molecular formula is C12H19NOS. The summed E-state index contributed by atoms with van der Waals surface area (Å²) in [4.78, 5) is 1.25. The second-order valence-electron chi connectivity index (χ2n) is 3.83. The van der Waals surface area contributed by atoms with Gasteiger partial charge < -0.3 is 10.4 Å². The first-order chi connectivity index (χ1) is 7.17. The Labute approximate surface area is 96.1 Å². The van der Waals surface area contributed by atoms with Gasteiger partial charge in [-0.05, 0) is 24.0 Å². The summed E-state index contributed by atoms with van der Waals surface area (Å²) in [6.07, 6.45) is 2.06. The quantitative estimate of drug-likeness (QED) is 0.755. The third kappa shape index (κ3) is 3.86. The van der Waals surface area contributed by atoms with Gasteiger partial charge in [-0.1, -0.05) is 26.0 Å². The van der Waals surface area contributed by atoms with Crippen LogP contribution in [-0.4, -0.2) is 24.0 Å². The highest BCUT2D eigenvalue weighted by Crippen LogP contribution is 2.19. The van der Waals surface area contributed by atoms with Crippen LogP contribution >= 0.6 is 11.8 Å². The number of hydrogen-bond donors (Lipinski definition) is 2. The van der Waals surface area contributed by atoms with E-state index in [1.165, 1.54) is 4.90 Å². The van der Waals surface area contributed by atoms with Gasteiger partial charge in [0.2, 0.25) is 0 Å². The summed E-state index contributed by atoms with van der Waals surface area (Å²) in [6.45, 7) is 4.30. The van der Waals surface area contributed by atoms with Crippen molar-refractivity contribution in [2.45, 2.75) is 30.8 Å². The van der Waals surface area contributed by atoms with E-state index >= 15 is 0 Å². The van der Waals surface area contributed by atoms with E-state index in [9.17, 15) is 5.11 Å². The minimum absolute atomic E-state index is 0.0425. The van der Waals surface area contributed by atoms with E-state index in [1.807, 2.05) is 0 Å². The van der Waals surface area contributed by atoms with Crippen LogP contribution in [0.4, 0.5) is 0 Å². The molecule has 0 spiro atoms. The fourth-order valence-corrected chi connectivity index (χ4v) is 1.90. The fraction of sp³-hybridized carbons (Fsp3) is 0.500. The van der Waals surface area contributed by atoms with Crippen molar-refractivity contribution in [1.29, 1.82) is 0 Å². The number of rotatable bonds is 5. The molecule has 2 N–H and O–H groups in total. The first-order valence-corrected chi connectivity index (χ1v) is 6.40. The SMILES string of the molecule is CSc1ccc(C(CO)NC(C)C)cc1. The molecule has 0 fully saturated rings. The molecular weight excluding hydrogens is 206 g/mol. The zero-order valence-electron chi connectivity index (χ0n) is 9.53. The van der Waals surface area contributed by atoms with Crippen LogP contribution in [0.3, 0.4) is 0 Å². The minimum atomic E-state index is 0.0425. The number of nitrogens with one attached hydrogen (secondary N) is 1. The molecule has 0 heterocycles. The summed E-state index contributed by atoms with van der Waals surface area (Å²) < 4.78 is 0. The smallest absolute Gasteiger partial charge is 0.0626 e. The topological polar surface area (TPSA) is 32.3 Å². The van der Waals surface area contributed by atoms with Gasteiger partial charge in [0, 0.05) is 10.9 Å². The fourth-order valence-electron chi connectivity index (χ4n) is 1.49. The number of thioether (sulfide) groups is 1. The van der Waals surface area contributed by atoms with Crippen molar-refractivity contribution in [1.82, 2.24) is 5.32 Å². The average molecular weight is 225 g/mol. The van der Waals surface area contributed by atoms with Gasteiger partial charge in [0.15, 0.2) is 0 Å². The highest BCUT2D eigenvalue weighted by atomic mass is 32.2. The zero-order chi connectivity index (χ0) is 11.3. The summed E-state index contributed by atoms with van der Waals surface area (Å²) in [6, 6.07) is 8.74. The molecule has 0 aliphatic rings. The molecule has 1 aromatic rings. The van der Waals surface area contributed by atoms with Crippen LogP contribution < -0.4 is 5.32 Å². The molecule has 1 atom stereocenters. The summed E-state index contributed by atoms with van der Waals surface area (Å²) in [5.41, 5.74) is 1.14. The first kappa shape index (κ1) is 12.6. The van der Waals surface area contributed by atoms with E-state index in [1.54, 1.807) is 11.8 Å². The molecule has 0 aliphatic heterocycles. The summed E-state index contributed by atoms with van der Waals surface area (Å²) in [5.74, 6) is 0. The first-order valence-electron chi connectivity index (χ1n) is 5.18. The number of benzene rings is 1. The van der Waals surface area contributed by atoms with Crippen LogP contribution in [0.2, 0.25) is 0 Å². The van der Waals surface area contributed by atoms with E-state index < -0.39 is 0 Å². The molecule has 3 heteroatoms. The van der Waals surface area contributed by atoms with E-state index in [4.69, 9.17) is 0 Å². The largest absolute Gasteiger partial charge is 0.394 e. The van der Waals surface area contributed by atoms with Crippen LogP contribution in [0.1, 0.15) is 25.5 Å². The van der Waals surface area contributed by atoms with Crippen LogP contribution in [0, 0.1) is 0 Å². The number of hydrogen-bond acceptors (Lipinski definition) is 3. The predicted octanol–water partition coefficient (Wildman–Crippen LogP) is 2.44. The van der Waals surface area contributed by atoms with Crippen molar-refractivity contribution in [2.24, 2.45) is 0 Å². The summed E-state index contributed by atoms with van der Waals surface area (Å²) in [7, 11) is 0. The highest BCUT2D eigenvalue weighted by molar-refractivity contribution is 7.98. The second kappa shape index (κ2) is 6.16. The number of aliphatic hydroxyl groups is 1. The Bertz CT molecular complexity index is 284. The van der Waals surface area contributed by atoms with Crippen LogP contribution in [0.15, 0.2) is 29.2 Å². The molecule has 84 valence electrons. The van der Waals surface area contributed by atoms with Gasteiger partial charge in [0.1, 0.15) is 0 Å². The van der Waals surface area contributed by atoms with Crippen molar-refractivity contribution >= 4 is 11.8 Å². The van der Waals surface area contributed by atoms with E-state index in [-0.39, 0.29) is 12.6 Å². The average Bonchev–Trinajstić information content (AvgIpc) is 2.26. The minimum Gasteiger partial charge on any atom is -0.394 e. The molecule has 0 aliphatic carbocycles. The van der Waals surface area contributed by atoms with Crippen molar-refractivity contribution in [2.75, 3.05) is 12.9 Å². The Morgan fingerprint density at radius 3 is 2.27 bits per heavy atom. The highest BCUT2D eigenvalue weighted by Gasteiger charge is 2.10. The molecule has 0 aromatic heterocycles. The van der Waals surface area contributed by atoms with Crippen LogP contribution in [0.5, 0.6) is 0 Å². The standard InChI is InChI=1S/C12H19NOS/c1-9(2)13-12(8-14)10-4-6-11(15-3)7-5-10/h4-7,9,12-14H,8H2,1-3H3. The van der Waals surface area contributed by atoms with Gasteiger partial charge in [-0.2, -0.15) is 0 Å². The van der Waals surface area contributed by atoms with Crippen molar-refractivity contribution in [3.8, 4) is 0 Å². The predicted molar refractivity (Wildman–Crippen MR) is 66.3 cm³/mol. The second-order valence-corrected chi connectivity index (χ2v) is 4.71. The van der Waals surface area contributed by atoms with Gasteiger partial charge in [-0.25, -0.2) is 0 Å². The molecule has 1 rings (SSSR count). The zero-order valence-corrected chi connectivity index (χ0v) is 10.3. The van der Waals surface area contributed by atoms with Crippen LogP contribution in [0.25, 0.3) is 0 Å². The molecule has 0 amide bonds. The Morgan fingerprint density at radius 1 is 1.27 bits per heavy atom. The Morgan fingerprint density at radius 2 is 1.87 bits per heavy atom. The lowest BCUT2D eigenvalue weighted by atomic mass is 10.1. The van der Waals surface area contributed by atoms with Gasteiger partial charge >= 0.3 is 0 Å². The maximum absolute atomic E-state index is 9.29. The monoisotopic (exact) mass is 225 g/mol. The van der Waals surface area contributed by atoms with Crippen molar-refractivity contribution in [3.05, 3.63) is 29.8 Å². The molecule has 0 bridgehead atoms. The maximum Gasteiger partial charge on any atom is 0.0626 e. The molecule has 0 saturated carbocycles. The lowest BCUT2D eigenvalue weighted by Crippen LogP contribution is -2.30. The van der Waals surface area contributed by atoms with Gasteiger partial charge in [0.25, 0.3) is 0 Å². The van der Waals surface area contributed by atoms with E-state index in [0.717, 1.165) is 5.56 Å². The van der Waals surface area contributed by atoms with Crippen LogP contribution in [-0.2, 0) is 0 Å². The van der Waals surface area contributed by atoms with Gasteiger partial charge in [0.05, 0.1) is 12.6 Å². The molecule has 2 nitrogen and oxygen atoms in total. The number of aliphatic hydroxyl groups excluding tert-OH is 1. The van der Waals surface area contributed by atoms with E-state index in [0.29, 0.717) is 6.04 Å². The molecule has 0 radical (unpaired) electrons. The molecule has 15 heavy (non-hydrogen) atoms. The molecule has 1 aromatic carbocycles. The van der Waals surface area contributed by atoms with Crippen molar-refractivity contribution < 1.29 is 5.11 Å². The maximum atomic E-state index is 9.29. The summed E-state index contributed by atoms with van der Waals surface area (Å²) in [5, 5.41) is 12.6. The third-order valence-corrected chi connectivity index (χ3v) is 2.98. The Balaban J connectivity index is 2.74.